The predicted molar refractivity (Wildman–Crippen MR) is 136 cm³/mol. The van der Waals surface area contributed by atoms with E-state index in [0.717, 1.165) is 24.3 Å². The molecule has 0 atom stereocenters. The molecule has 0 saturated carbocycles. The Morgan fingerprint density at radius 1 is 0.656 bits per heavy atom. The summed E-state index contributed by atoms with van der Waals surface area (Å²) in [4.78, 5) is 0. The molecule has 0 radical (unpaired) electrons. The standard InChI is InChI=1S/C30H32O2/c1-5-7-13-20-24-17-26(31-3)27(32-4)18-25(24)21(14-8-6-2)30-23-16-10-12-19-11-9-15-22(28(19)23)29(20)30/h9-12,15-18H,5-8,13-14H2,1-4H3. The largest absolute Gasteiger partial charge is 0.493 e. The van der Waals surface area contributed by atoms with Gasteiger partial charge in [0.1, 0.15) is 0 Å². The summed E-state index contributed by atoms with van der Waals surface area (Å²) in [7, 11) is 3.47. The fraction of sp³-hybridized carbons (Fsp3) is 0.333. The first-order chi connectivity index (χ1) is 15.7. The molecular weight excluding hydrogens is 392 g/mol. The number of hydrogen-bond acceptors (Lipinski definition) is 2. The number of aryl methyl sites for hydroxylation is 2. The van der Waals surface area contributed by atoms with Crippen LogP contribution in [0.4, 0.5) is 0 Å². The van der Waals surface area contributed by atoms with Crippen molar-refractivity contribution < 1.29 is 9.47 Å². The molecule has 1 aliphatic carbocycles. The molecule has 5 rings (SSSR count). The van der Waals surface area contributed by atoms with E-state index in [1.165, 1.54) is 80.6 Å². The Morgan fingerprint density at radius 2 is 1.12 bits per heavy atom. The van der Waals surface area contributed by atoms with E-state index in [1.807, 2.05) is 0 Å². The highest BCUT2D eigenvalue weighted by Gasteiger charge is 2.29. The maximum Gasteiger partial charge on any atom is 0.161 e. The number of rotatable bonds is 8. The lowest BCUT2D eigenvalue weighted by Crippen LogP contribution is -2.01. The van der Waals surface area contributed by atoms with Crippen LogP contribution < -0.4 is 9.47 Å². The highest BCUT2D eigenvalue weighted by Crippen LogP contribution is 2.54. The fourth-order valence-electron chi connectivity index (χ4n) is 5.53. The fourth-order valence-corrected chi connectivity index (χ4v) is 5.53. The van der Waals surface area contributed by atoms with E-state index in [2.05, 4.69) is 62.4 Å². The number of fused-ring (bicyclic) bond motifs is 4. The minimum atomic E-state index is 0.813. The number of ether oxygens (including phenoxy) is 2. The highest BCUT2D eigenvalue weighted by molar-refractivity contribution is 6.20. The summed E-state index contributed by atoms with van der Waals surface area (Å²) in [6.45, 7) is 4.55. The third-order valence-corrected chi connectivity index (χ3v) is 7.03. The second-order valence-corrected chi connectivity index (χ2v) is 8.88. The molecule has 1 aliphatic rings. The SMILES string of the molecule is CCCCc1c2c(c(CCCC)c3cc(OC)c(OC)cc13)-c1cccc3cccc-2c13. The molecule has 32 heavy (non-hydrogen) atoms. The van der Waals surface area contributed by atoms with Gasteiger partial charge < -0.3 is 9.47 Å². The normalized spacial score (nSPS) is 11.9. The lowest BCUT2D eigenvalue weighted by Gasteiger charge is -2.21. The second-order valence-electron chi connectivity index (χ2n) is 8.88. The van der Waals surface area contributed by atoms with Gasteiger partial charge in [0, 0.05) is 0 Å². The molecule has 4 aromatic rings. The van der Waals surface area contributed by atoms with Crippen molar-refractivity contribution in [3.05, 3.63) is 59.7 Å². The molecule has 0 heterocycles. The topological polar surface area (TPSA) is 18.5 Å². The minimum Gasteiger partial charge on any atom is -0.493 e. The van der Waals surface area contributed by atoms with Gasteiger partial charge in [-0.25, -0.2) is 0 Å². The van der Waals surface area contributed by atoms with Crippen LogP contribution in [0.2, 0.25) is 0 Å². The van der Waals surface area contributed by atoms with Gasteiger partial charge >= 0.3 is 0 Å². The van der Waals surface area contributed by atoms with Gasteiger partial charge in [-0.1, -0.05) is 63.1 Å². The molecule has 0 fully saturated rings. The maximum atomic E-state index is 5.74. The predicted octanol–water partition coefficient (Wildman–Crippen LogP) is 8.34. The second kappa shape index (κ2) is 8.50. The molecule has 0 saturated heterocycles. The van der Waals surface area contributed by atoms with Crippen LogP contribution >= 0.6 is 0 Å². The summed E-state index contributed by atoms with van der Waals surface area (Å²) in [5.74, 6) is 1.63. The Balaban J connectivity index is 1.96. The summed E-state index contributed by atoms with van der Waals surface area (Å²) in [6, 6.07) is 18.0. The van der Waals surface area contributed by atoms with Gasteiger partial charge in [0.05, 0.1) is 14.2 Å². The Labute approximate surface area is 191 Å². The van der Waals surface area contributed by atoms with Crippen molar-refractivity contribution in [3.63, 3.8) is 0 Å². The maximum absolute atomic E-state index is 5.74. The van der Waals surface area contributed by atoms with E-state index < -0.39 is 0 Å². The molecule has 0 unspecified atom stereocenters. The van der Waals surface area contributed by atoms with Crippen LogP contribution in [-0.2, 0) is 12.8 Å². The van der Waals surface area contributed by atoms with Crippen molar-refractivity contribution in [3.8, 4) is 33.8 Å². The molecular formula is C30H32O2. The molecule has 0 N–H and O–H groups in total. The van der Waals surface area contributed by atoms with Crippen LogP contribution in [0.15, 0.2) is 48.5 Å². The molecule has 0 aromatic heterocycles. The van der Waals surface area contributed by atoms with Crippen LogP contribution in [0, 0.1) is 0 Å². The molecule has 0 bridgehead atoms. The van der Waals surface area contributed by atoms with Crippen molar-refractivity contribution >= 4 is 21.5 Å². The van der Waals surface area contributed by atoms with Crippen molar-refractivity contribution in [1.29, 1.82) is 0 Å². The first-order valence-corrected chi connectivity index (χ1v) is 12.0. The molecule has 2 heteroatoms. The van der Waals surface area contributed by atoms with Gasteiger partial charge in [-0.05, 0) is 92.7 Å². The third-order valence-electron chi connectivity index (χ3n) is 7.03. The average Bonchev–Trinajstić information content (AvgIpc) is 3.16. The average molecular weight is 425 g/mol. The van der Waals surface area contributed by atoms with E-state index >= 15 is 0 Å². The number of methoxy groups -OCH3 is 2. The first-order valence-electron chi connectivity index (χ1n) is 12.0. The zero-order valence-corrected chi connectivity index (χ0v) is 19.7. The van der Waals surface area contributed by atoms with Crippen LogP contribution in [0.5, 0.6) is 11.5 Å². The van der Waals surface area contributed by atoms with Crippen LogP contribution in [-0.4, -0.2) is 14.2 Å². The Bertz CT molecular complexity index is 1220. The number of unbranched alkanes of at least 4 members (excludes halogenated alkanes) is 2. The van der Waals surface area contributed by atoms with Gasteiger partial charge in [-0.3, -0.25) is 0 Å². The summed E-state index contributed by atoms with van der Waals surface area (Å²) in [5, 5.41) is 5.39. The molecule has 0 aliphatic heterocycles. The minimum absolute atomic E-state index is 0.813. The van der Waals surface area contributed by atoms with E-state index in [4.69, 9.17) is 9.47 Å². The van der Waals surface area contributed by atoms with Crippen molar-refractivity contribution in [1.82, 2.24) is 0 Å². The van der Waals surface area contributed by atoms with Gasteiger partial charge in [0.25, 0.3) is 0 Å². The Morgan fingerprint density at radius 3 is 1.53 bits per heavy atom. The van der Waals surface area contributed by atoms with Gasteiger partial charge in [-0.15, -0.1) is 0 Å². The van der Waals surface area contributed by atoms with Crippen LogP contribution in [0.25, 0.3) is 43.8 Å². The van der Waals surface area contributed by atoms with Crippen LogP contribution in [0.3, 0.4) is 0 Å². The van der Waals surface area contributed by atoms with Crippen molar-refractivity contribution in [2.45, 2.75) is 52.4 Å². The number of benzene rings is 4. The number of hydrogen-bond donors (Lipinski definition) is 0. The third kappa shape index (κ3) is 3.08. The Kier molecular flexibility index (Phi) is 5.55. The zero-order valence-electron chi connectivity index (χ0n) is 19.7. The van der Waals surface area contributed by atoms with E-state index in [9.17, 15) is 0 Å². The summed E-state index contributed by atoms with van der Waals surface area (Å²) in [6.07, 6.45) is 6.86. The lowest BCUT2D eigenvalue weighted by molar-refractivity contribution is 0.356. The molecule has 0 spiro atoms. The van der Waals surface area contributed by atoms with E-state index in [1.54, 1.807) is 14.2 Å². The summed E-state index contributed by atoms with van der Waals surface area (Å²) >= 11 is 0. The highest BCUT2D eigenvalue weighted by atomic mass is 16.5. The van der Waals surface area contributed by atoms with E-state index in [0.29, 0.717) is 0 Å². The van der Waals surface area contributed by atoms with Crippen LogP contribution in [0.1, 0.15) is 50.7 Å². The van der Waals surface area contributed by atoms with Crippen molar-refractivity contribution in [2.24, 2.45) is 0 Å². The molecule has 164 valence electrons. The van der Waals surface area contributed by atoms with Crippen molar-refractivity contribution in [2.75, 3.05) is 14.2 Å². The molecule has 2 nitrogen and oxygen atoms in total. The smallest absolute Gasteiger partial charge is 0.161 e. The monoisotopic (exact) mass is 424 g/mol. The van der Waals surface area contributed by atoms with Gasteiger partial charge in [0.2, 0.25) is 0 Å². The summed E-state index contributed by atoms with van der Waals surface area (Å²) in [5.41, 5.74) is 8.62. The Hall–Kier alpha value is -3.00. The van der Waals surface area contributed by atoms with E-state index in [-0.39, 0.29) is 0 Å². The van der Waals surface area contributed by atoms with Gasteiger partial charge in [-0.2, -0.15) is 0 Å². The lowest BCUT2D eigenvalue weighted by atomic mass is 9.84. The molecule has 0 amide bonds. The quantitative estimate of drug-likeness (QED) is 0.249. The molecule has 4 aromatic carbocycles. The first kappa shape index (κ1) is 20.9. The van der Waals surface area contributed by atoms with Gasteiger partial charge in [0.15, 0.2) is 11.5 Å². The summed E-state index contributed by atoms with van der Waals surface area (Å²) < 4.78 is 11.5. The zero-order chi connectivity index (χ0) is 22.2.